The molecule has 1 aliphatic rings. The van der Waals surface area contributed by atoms with Crippen LogP contribution in [-0.2, 0) is 28.1 Å². The maximum absolute atomic E-state index is 12.0. The number of aromatic nitrogens is 3. The van der Waals surface area contributed by atoms with Gasteiger partial charge in [-0.05, 0) is 44.2 Å². The highest BCUT2D eigenvalue weighted by atomic mass is 16.5. The fourth-order valence-electron chi connectivity index (χ4n) is 2.92. The second-order valence-electron chi connectivity index (χ2n) is 6.59. The molecule has 0 bridgehead atoms. The molecule has 1 N–H and O–H groups in total. The molecule has 25 heavy (non-hydrogen) atoms. The summed E-state index contributed by atoms with van der Waals surface area (Å²) in [5, 5.41) is 2.91. The molecule has 0 aliphatic carbocycles. The third-order valence-corrected chi connectivity index (χ3v) is 4.50. The van der Waals surface area contributed by atoms with Crippen LogP contribution in [0.25, 0.3) is 0 Å². The average molecular weight is 340 g/mol. The Morgan fingerprint density at radius 1 is 1.24 bits per heavy atom. The van der Waals surface area contributed by atoms with Crippen LogP contribution in [0.2, 0.25) is 0 Å². The minimum Gasteiger partial charge on any atom is -0.367 e. The lowest BCUT2D eigenvalue weighted by atomic mass is 9.95. The molecular weight excluding hydrogens is 316 g/mol. The van der Waals surface area contributed by atoms with Crippen LogP contribution in [0.15, 0.2) is 36.9 Å². The maximum atomic E-state index is 12.0. The fourth-order valence-corrected chi connectivity index (χ4v) is 2.92. The summed E-state index contributed by atoms with van der Waals surface area (Å²) in [6.45, 7) is 3.24. The molecule has 6 nitrogen and oxygen atoms in total. The molecule has 2 aromatic rings. The van der Waals surface area contributed by atoms with E-state index in [9.17, 15) is 4.79 Å². The van der Waals surface area contributed by atoms with E-state index in [1.165, 1.54) is 0 Å². The summed E-state index contributed by atoms with van der Waals surface area (Å²) in [6, 6.07) is 3.85. The van der Waals surface area contributed by atoms with E-state index >= 15 is 0 Å². The Balaban J connectivity index is 1.47. The molecule has 1 saturated heterocycles. The number of carbonyl (C=O) groups excluding carboxylic acids is 1. The fraction of sp³-hybridized carbons (Fsp3) is 0.474. The minimum atomic E-state index is -0.385. The van der Waals surface area contributed by atoms with Gasteiger partial charge in [-0.1, -0.05) is 6.07 Å². The number of hydrogen-bond acceptors (Lipinski definition) is 5. The first kappa shape index (κ1) is 17.5. The SMILES string of the molecule is CC1(c2ncc(CNC(=O)CCc3cccnc3)cn2)CCCCO1. The highest BCUT2D eigenvalue weighted by Crippen LogP contribution is 2.32. The van der Waals surface area contributed by atoms with Crippen molar-refractivity contribution < 1.29 is 9.53 Å². The first-order valence-electron chi connectivity index (χ1n) is 8.77. The van der Waals surface area contributed by atoms with Gasteiger partial charge in [0.15, 0.2) is 5.82 Å². The Labute approximate surface area is 148 Å². The highest BCUT2D eigenvalue weighted by Gasteiger charge is 2.32. The second-order valence-corrected chi connectivity index (χ2v) is 6.59. The molecule has 6 heteroatoms. The number of amides is 1. The Kier molecular flexibility index (Phi) is 5.71. The molecule has 0 saturated carbocycles. The van der Waals surface area contributed by atoms with Crippen LogP contribution in [-0.4, -0.2) is 27.5 Å². The number of ether oxygens (including phenoxy) is 1. The third-order valence-electron chi connectivity index (χ3n) is 4.50. The second kappa shape index (κ2) is 8.16. The van der Waals surface area contributed by atoms with Crippen molar-refractivity contribution in [3.8, 4) is 0 Å². The molecule has 0 aromatic carbocycles. The van der Waals surface area contributed by atoms with Gasteiger partial charge in [0.05, 0.1) is 0 Å². The summed E-state index contributed by atoms with van der Waals surface area (Å²) >= 11 is 0. The number of rotatable bonds is 6. The molecular formula is C19H24N4O2. The van der Waals surface area contributed by atoms with Crippen LogP contribution < -0.4 is 5.32 Å². The van der Waals surface area contributed by atoms with Gasteiger partial charge >= 0.3 is 0 Å². The molecule has 2 aromatic heterocycles. The van der Waals surface area contributed by atoms with Gasteiger partial charge in [0.1, 0.15) is 5.60 Å². The van der Waals surface area contributed by atoms with Crippen molar-refractivity contribution in [2.45, 2.75) is 51.2 Å². The van der Waals surface area contributed by atoms with E-state index in [4.69, 9.17) is 4.74 Å². The van der Waals surface area contributed by atoms with E-state index in [1.807, 2.05) is 19.1 Å². The molecule has 1 amide bonds. The van der Waals surface area contributed by atoms with Crippen LogP contribution in [0.1, 0.15) is 49.6 Å². The summed E-state index contributed by atoms with van der Waals surface area (Å²) in [5.74, 6) is 0.731. The molecule has 1 atom stereocenters. The first-order valence-corrected chi connectivity index (χ1v) is 8.77. The monoisotopic (exact) mass is 340 g/mol. The van der Waals surface area contributed by atoms with E-state index in [-0.39, 0.29) is 11.5 Å². The minimum absolute atomic E-state index is 0.00973. The lowest BCUT2D eigenvalue weighted by Gasteiger charge is -2.32. The highest BCUT2D eigenvalue weighted by molar-refractivity contribution is 5.76. The average Bonchev–Trinajstić information content (AvgIpc) is 2.66. The number of carbonyl (C=O) groups is 1. The Morgan fingerprint density at radius 3 is 2.76 bits per heavy atom. The summed E-state index contributed by atoms with van der Waals surface area (Å²) in [4.78, 5) is 24.9. The van der Waals surface area contributed by atoms with Gasteiger partial charge < -0.3 is 10.1 Å². The van der Waals surface area contributed by atoms with Crippen molar-refractivity contribution in [1.82, 2.24) is 20.3 Å². The molecule has 1 unspecified atom stereocenters. The number of nitrogens with zero attached hydrogens (tertiary/aromatic N) is 3. The molecule has 0 spiro atoms. The predicted octanol–water partition coefficient (Wildman–Crippen LogP) is 2.54. The van der Waals surface area contributed by atoms with Crippen molar-refractivity contribution in [3.63, 3.8) is 0 Å². The standard InChI is InChI=1S/C19H24N4O2/c1-19(8-2-3-10-25-19)18-22-13-16(14-23-18)12-21-17(24)7-6-15-5-4-9-20-11-15/h4-5,9,11,13-14H,2-3,6-8,10,12H2,1H3,(H,21,24). The maximum Gasteiger partial charge on any atom is 0.220 e. The van der Waals surface area contributed by atoms with Gasteiger partial charge in [0.25, 0.3) is 0 Å². The number of aryl methyl sites for hydroxylation is 1. The van der Waals surface area contributed by atoms with E-state index in [1.54, 1.807) is 24.8 Å². The van der Waals surface area contributed by atoms with Gasteiger partial charge in [0.2, 0.25) is 5.91 Å². The first-order chi connectivity index (χ1) is 12.2. The van der Waals surface area contributed by atoms with Crippen LogP contribution in [0, 0.1) is 0 Å². The van der Waals surface area contributed by atoms with Gasteiger partial charge in [-0.3, -0.25) is 9.78 Å². The zero-order valence-electron chi connectivity index (χ0n) is 14.6. The van der Waals surface area contributed by atoms with Crippen molar-refractivity contribution in [2.75, 3.05) is 6.61 Å². The molecule has 3 heterocycles. The lowest BCUT2D eigenvalue weighted by molar-refractivity contribution is -0.121. The summed E-state index contributed by atoms with van der Waals surface area (Å²) < 4.78 is 5.86. The van der Waals surface area contributed by atoms with Gasteiger partial charge in [-0.15, -0.1) is 0 Å². The van der Waals surface area contributed by atoms with Crippen LogP contribution >= 0.6 is 0 Å². The predicted molar refractivity (Wildman–Crippen MR) is 93.6 cm³/mol. The lowest BCUT2D eigenvalue weighted by Crippen LogP contribution is -2.32. The summed E-state index contributed by atoms with van der Waals surface area (Å²) in [6.07, 6.45) is 11.4. The Hall–Kier alpha value is -2.34. The van der Waals surface area contributed by atoms with Crippen molar-refractivity contribution in [2.24, 2.45) is 0 Å². The van der Waals surface area contributed by atoms with E-state index in [2.05, 4.69) is 20.3 Å². The smallest absolute Gasteiger partial charge is 0.220 e. The quantitative estimate of drug-likeness (QED) is 0.874. The largest absolute Gasteiger partial charge is 0.367 e. The third kappa shape index (κ3) is 4.82. The summed E-state index contributed by atoms with van der Waals surface area (Å²) in [5.41, 5.74) is 1.56. The number of pyridine rings is 1. The van der Waals surface area contributed by atoms with Crippen molar-refractivity contribution in [3.05, 3.63) is 53.9 Å². The molecule has 132 valence electrons. The number of hydrogen-bond donors (Lipinski definition) is 1. The number of nitrogens with one attached hydrogen (secondary N) is 1. The Morgan fingerprint density at radius 2 is 2.08 bits per heavy atom. The van der Waals surface area contributed by atoms with Crippen LogP contribution in [0.4, 0.5) is 0 Å². The van der Waals surface area contributed by atoms with E-state index < -0.39 is 0 Å². The van der Waals surface area contributed by atoms with Crippen molar-refractivity contribution >= 4 is 5.91 Å². The zero-order chi connectivity index (χ0) is 17.5. The van der Waals surface area contributed by atoms with Crippen LogP contribution in [0.3, 0.4) is 0 Å². The van der Waals surface area contributed by atoms with Crippen molar-refractivity contribution in [1.29, 1.82) is 0 Å². The van der Waals surface area contributed by atoms with Gasteiger partial charge in [-0.25, -0.2) is 9.97 Å². The molecule has 3 rings (SSSR count). The van der Waals surface area contributed by atoms with E-state index in [0.717, 1.165) is 42.8 Å². The zero-order valence-corrected chi connectivity index (χ0v) is 14.6. The topological polar surface area (TPSA) is 77.0 Å². The van der Waals surface area contributed by atoms with E-state index in [0.29, 0.717) is 19.4 Å². The Bertz CT molecular complexity index is 682. The normalized spacial score (nSPS) is 20.2. The summed E-state index contributed by atoms with van der Waals surface area (Å²) in [7, 11) is 0. The van der Waals surface area contributed by atoms with Gasteiger partial charge in [-0.2, -0.15) is 0 Å². The molecule has 1 aliphatic heterocycles. The van der Waals surface area contributed by atoms with Gasteiger partial charge in [0, 0.05) is 49.9 Å². The molecule has 1 fully saturated rings. The van der Waals surface area contributed by atoms with Crippen LogP contribution in [0.5, 0.6) is 0 Å². The molecule has 0 radical (unpaired) electrons.